The lowest BCUT2D eigenvalue weighted by Gasteiger charge is -2.08. The van der Waals surface area contributed by atoms with Gasteiger partial charge in [-0.15, -0.1) is 0 Å². The first-order valence-corrected chi connectivity index (χ1v) is 5.06. The topological polar surface area (TPSA) is 29.1 Å². The molecule has 0 aliphatic rings. The van der Waals surface area contributed by atoms with Crippen LogP contribution >= 0.6 is 15.9 Å². The molecule has 0 bridgehead atoms. The molecule has 0 saturated carbocycles. The van der Waals surface area contributed by atoms with E-state index in [1.807, 2.05) is 0 Å². The Balaban J connectivity index is 2.82. The summed E-state index contributed by atoms with van der Waals surface area (Å²) in [6, 6.07) is 4.52. The van der Waals surface area contributed by atoms with E-state index in [4.69, 9.17) is 0 Å². The van der Waals surface area contributed by atoms with Crippen molar-refractivity contribution in [3.8, 4) is 0 Å². The zero-order valence-corrected chi connectivity index (χ0v) is 9.56. The maximum atomic E-state index is 13.2. The Morgan fingerprint density at radius 2 is 2.14 bits per heavy atom. The summed E-state index contributed by atoms with van der Waals surface area (Å²) in [5.41, 5.74) is 0.215. The fourth-order valence-corrected chi connectivity index (χ4v) is 1.20. The van der Waals surface area contributed by atoms with Gasteiger partial charge in [0.2, 0.25) is 5.91 Å². The highest BCUT2D eigenvalue weighted by atomic mass is 79.9. The molecule has 0 aliphatic heterocycles. The van der Waals surface area contributed by atoms with Crippen molar-refractivity contribution in [1.29, 1.82) is 0 Å². The van der Waals surface area contributed by atoms with Gasteiger partial charge in [0.25, 0.3) is 0 Å². The Bertz CT molecular complexity index is 352. The third-order valence-corrected chi connectivity index (χ3v) is 2.21. The van der Waals surface area contributed by atoms with Crippen molar-refractivity contribution >= 4 is 27.5 Å². The summed E-state index contributed by atoms with van der Waals surface area (Å²) >= 11 is 3.14. The van der Waals surface area contributed by atoms with Crippen LogP contribution in [0.2, 0.25) is 0 Å². The number of halogens is 2. The van der Waals surface area contributed by atoms with Gasteiger partial charge in [-0.3, -0.25) is 4.79 Å². The number of anilines is 1. The van der Waals surface area contributed by atoms with E-state index in [0.717, 1.165) is 0 Å². The van der Waals surface area contributed by atoms with Crippen LogP contribution in [0.15, 0.2) is 22.7 Å². The molecule has 0 spiro atoms. The molecule has 14 heavy (non-hydrogen) atoms. The second-order valence-electron chi connectivity index (χ2n) is 3.27. The SMILES string of the molecule is CC(C)C(=O)Nc1ccc(Br)cc1F. The van der Waals surface area contributed by atoms with Crippen LogP contribution in [0.25, 0.3) is 0 Å². The molecule has 0 unspecified atom stereocenters. The highest BCUT2D eigenvalue weighted by Crippen LogP contribution is 2.19. The highest BCUT2D eigenvalue weighted by Gasteiger charge is 2.09. The van der Waals surface area contributed by atoms with Crippen LogP contribution in [0, 0.1) is 11.7 Å². The first-order valence-electron chi connectivity index (χ1n) is 4.26. The highest BCUT2D eigenvalue weighted by molar-refractivity contribution is 9.10. The van der Waals surface area contributed by atoms with Crippen LogP contribution in [0.3, 0.4) is 0 Å². The minimum absolute atomic E-state index is 0.155. The summed E-state index contributed by atoms with van der Waals surface area (Å²) in [6.07, 6.45) is 0. The van der Waals surface area contributed by atoms with Crippen molar-refractivity contribution in [3.63, 3.8) is 0 Å². The summed E-state index contributed by atoms with van der Waals surface area (Å²) in [5, 5.41) is 2.50. The van der Waals surface area contributed by atoms with Crippen LogP contribution in [-0.4, -0.2) is 5.91 Å². The van der Waals surface area contributed by atoms with Crippen LogP contribution in [0.4, 0.5) is 10.1 Å². The first kappa shape index (κ1) is 11.2. The summed E-state index contributed by atoms with van der Waals surface area (Å²) in [4.78, 5) is 11.3. The molecule has 0 heterocycles. The van der Waals surface area contributed by atoms with Gasteiger partial charge in [0.15, 0.2) is 0 Å². The van der Waals surface area contributed by atoms with Crippen molar-refractivity contribution in [3.05, 3.63) is 28.5 Å². The molecule has 1 aromatic carbocycles. The monoisotopic (exact) mass is 259 g/mol. The van der Waals surface area contributed by atoms with E-state index in [9.17, 15) is 9.18 Å². The standard InChI is InChI=1S/C10H11BrFNO/c1-6(2)10(14)13-9-4-3-7(11)5-8(9)12/h3-6H,1-2H3,(H,13,14). The lowest BCUT2D eigenvalue weighted by molar-refractivity contribution is -0.118. The number of hydrogen-bond donors (Lipinski definition) is 1. The molecule has 2 nitrogen and oxygen atoms in total. The molecule has 1 rings (SSSR count). The Hall–Kier alpha value is -0.900. The van der Waals surface area contributed by atoms with E-state index in [1.54, 1.807) is 19.9 Å². The molecular formula is C10H11BrFNO. The molecule has 0 aromatic heterocycles. The van der Waals surface area contributed by atoms with E-state index in [2.05, 4.69) is 21.2 Å². The summed E-state index contributed by atoms with van der Waals surface area (Å²) < 4.78 is 13.9. The summed E-state index contributed by atoms with van der Waals surface area (Å²) in [6.45, 7) is 3.51. The van der Waals surface area contributed by atoms with E-state index in [0.29, 0.717) is 4.47 Å². The van der Waals surface area contributed by atoms with E-state index < -0.39 is 5.82 Å². The zero-order chi connectivity index (χ0) is 10.7. The molecule has 76 valence electrons. The Morgan fingerprint density at radius 3 is 2.64 bits per heavy atom. The zero-order valence-electron chi connectivity index (χ0n) is 7.97. The van der Waals surface area contributed by atoms with E-state index >= 15 is 0 Å². The Morgan fingerprint density at radius 1 is 1.50 bits per heavy atom. The number of carbonyl (C=O) groups is 1. The molecule has 1 aromatic rings. The Labute approximate surface area is 90.6 Å². The van der Waals surface area contributed by atoms with Gasteiger partial charge in [0, 0.05) is 10.4 Å². The van der Waals surface area contributed by atoms with Gasteiger partial charge < -0.3 is 5.32 Å². The average molecular weight is 260 g/mol. The largest absolute Gasteiger partial charge is 0.323 e. The number of hydrogen-bond acceptors (Lipinski definition) is 1. The maximum Gasteiger partial charge on any atom is 0.227 e. The lowest BCUT2D eigenvalue weighted by atomic mass is 10.2. The predicted octanol–water partition coefficient (Wildman–Crippen LogP) is 3.18. The third-order valence-electron chi connectivity index (χ3n) is 1.71. The first-order chi connectivity index (χ1) is 6.50. The molecule has 1 amide bonds. The lowest BCUT2D eigenvalue weighted by Crippen LogP contribution is -2.18. The molecule has 4 heteroatoms. The maximum absolute atomic E-state index is 13.2. The van der Waals surface area contributed by atoms with Crippen molar-refractivity contribution in [2.45, 2.75) is 13.8 Å². The number of carbonyl (C=O) groups excluding carboxylic acids is 1. The fraction of sp³-hybridized carbons (Fsp3) is 0.300. The molecule has 1 N–H and O–H groups in total. The van der Waals surface area contributed by atoms with Crippen LogP contribution in [0.1, 0.15) is 13.8 Å². The number of amides is 1. The van der Waals surface area contributed by atoms with Gasteiger partial charge in [-0.1, -0.05) is 29.8 Å². The van der Waals surface area contributed by atoms with Crippen molar-refractivity contribution in [1.82, 2.24) is 0 Å². The summed E-state index contributed by atoms with van der Waals surface area (Å²) in [7, 11) is 0. The van der Waals surface area contributed by atoms with E-state index in [-0.39, 0.29) is 17.5 Å². The van der Waals surface area contributed by atoms with Gasteiger partial charge in [-0.05, 0) is 18.2 Å². The van der Waals surface area contributed by atoms with Crippen molar-refractivity contribution < 1.29 is 9.18 Å². The van der Waals surface area contributed by atoms with Crippen LogP contribution in [0.5, 0.6) is 0 Å². The van der Waals surface area contributed by atoms with Crippen molar-refractivity contribution in [2.75, 3.05) is 5.32 Å². The van der Waals surface area contributed by atoms with Gasteiger partial charge in [0.05, 0.1) is 5.69 Å². The predicted molar refractivity (Wildman–Crippen MR) is 57.6 cm³/mol. The minimum Gasteiger partial charge on any atom is -0.323 e. The van der Waals surface area contributed by atoms with Gasteiger partial charge in [0.1, 0.15) is 5.82 Å². The molecule has 0 atom stereocenters. The fourth-order valence-electron chi connectivity index (χ4n) is 0.868. The molecule has 0 aliphatic carbocycles. The van der Waals surface area contributed by atoms with Crippen LogP contribution in [-0.2, 0) is 4.79 Å². The van der Waals surface area contributed by atoms with Gasteiger partial charge >= 0.3 is 0 Å². The molecule has 0 radical (unpaired) electrons. The molecule has 0 fully saturated rings. The van der Waals surface area contributed by atoms with Gasteiger partial charge in [-0.2, -0.15) is 0 Å². The smallest absolute Gasteiger partial charge is 0.227 e. The average Bonchev–Trinajstić information content (AvgIpc) is 2.09. The minimum atomic E-state index is -0.437. The van der Waals surface area contributed by atoms with Crippen LogP contribution < -0.4 is 5.32 Å². The van der Waals surface area contributed by atoms with Crippen molar-refractivity contribution in [2.24, 2.45) is 5.92 Å². The Kier molecular flexibility index (Phi) is 3.63. The summed E-state index contributed by atoms with van der Waals surface area (Å²) in [5.74, 6) is -0.780. The number of rotatable bonds is 2. The number of benzene rings is 1. The molecular weight excluding hydrogens is 249 g/mol. The number of nitrogens with one attached hydrogen (secondary N) is 1. The third kappa shape index (κ3) is 2.80. The van der Waals surface area contributed by atoms with Gasteiger partial charge in [-0.25, -0.2) is 4.39 Å². The normalized spacial score (nSPS) is 10.4. The quantitative estimate of drug-likeness (QED) is 0.869. The second kappa shape index (κ2) is 4.55. The van der Waals surface area contributed by atoms with E-state index in [1.165, 1.54) is 12.1 Å². The second-order valence-corrected chi connectivity index (χ2v) is 4.18. The molecule has 0 saturated heterocycles.